The van der Waals surface area contributed by atoms with E-state index in [4.69, 9.17) is 4.74 Å². The number of nitrogens with one attached hydrogen (secondary N) is 2. The van der Waals surface area contributed by atoms with Gasteiger partial charge < -0.3 is 15.4 Å². The van der Waals surface area contributed by atoms with Crippen molar-refractivity contribution in [2.45, 2.75) is 51.4 Å². The molecule has 8 heteroatoms. The summed E-state index contributed by atoms with van der Waals surface area (Å²) in [6, 6.07) is 5.22. The molecule has 0 radical (unpaired) electrons. The molecule has 1 aliphatic rings. The van der Waals surface area contributed by atoms with Crippen molar-refractivity contribution >= 4 is 27.7 Å². The third kappa shape index (κ3) is 5.47. The van der Waals surface area contributed by atoms with Gasteiger partial charge in [-0.15, -0.1) is 0 Å². The van der Waals surface area contributed by atoms with E-state index in [0.29, 0.717) is 11.0 Å². The first kappa shape index (κ1) is 17.7. The third-order valence-corrected chi connectivity index (χ3v) is 3.94. The average Bonchev–Trinajstić information content (AvgIpc) is 3.13. The minimum absolute atomic E-state index is 0.0373. The Labute approximate surface area is 143 Å². The number of amides is 1. The quantitative estimate of drug-likeness (QED) is 0.599. The van der Waals surface area contributed by atoms with Gasteiger partial charge in [-0.3, -0.25) is 10.1 Å². The van der Waals surface area contributed by atoms with E-state index in [0.717, 1.165) is 12.0 Å². The summed E-state index contributed by atoms with van der Waals surface area (Å²) in [5, 5.41) is 17.0. The molecule has 2 unspecified atom stereocenters. The normalized spacial score (nSPS) is 20.0. The Morgan fingerprint density at radius 3 is 2.74 bits per heavy atom. The molecule has 0 bridgehead atoms. The van der Waals surface area contributed by atoms with Crippen molar-refractivity contribution in [3.8, 4) is 0 Å². The number of ether oxygens (including phenoxy) is 1. The predicted octanol–water partition coefficient (Wildman–Crippen LogP) is 3.11. The lowest BCUT2D eigenvalue weighted by Gasteiger charge is -2.19. The molecule has 1 amide bonds. The fourth-order valence-electron chi connectivity index (χ4n) is 2.10. The Hall–Kier alpha value is -1.67. The van der Waals surface area contributed by atoms with Gasteiger partial charge in [-0.25, -0.2) is 4.79 Å². The maximum Gasteiger partial charge on any atom is 0.407 e. The molecular weight excluding hydrogens is 366 g/mol. The Morgan fingerprint density at radius 2 is 2.13 bits per heavy atom. The molecule has 2 N–H and O–H groups in total. The Balaban J connectivity index is 1.79. The van der Waals surface area contributed by atoms with Crippen molar-refractivity contribution in [3.63, 3.8) is 0 Å². The number of alkyl carbamates (subject to hydrolysis) is 1. The summed E-state index contributed by atoms with van der Waals surface area (Å²) in [6.45, 7) is 5.95. The number of nitro groups is 1. The maximum absolute atomic E-state index is 11.6. The third-order valence-electron chi connectivity index (χ3n) is 3.27. The lowest BCUT2D eigenvalue weighted by Crippen LogP contribution is -2.36. The molecule has 1 aromatic rings. The second-order valence-corrected chi connectivity index (χ2v) is 7.37. The van der Waals surface area contributed by atoms with Gasteiger partial charge in [0.15, 0.2) is 0 Å². The van der Waals surface area contributed by atoms with Gasteiger partial charge >= 0.3 is 6.09 Å². The van der Waals surface area contributed by atoms with Crippen molar-refractivity contribution in [1.82, 2.24) is 10.6 Å². The molecule has 0 spiro atoms. The number of carbonyl (C=O) groups is 1. The van der Waals surface area contributed by atoms with Crippen LogP contribution >= 0.6 is 15.9 Å². The van der Waals surface area contributed by atoms with Crippen molar-refractivity contribution in [2.24, 2.45) is 0 Å². The van der Waals surface area contributed by atoms with Crippen molar-refractivity contribution in [2.75, 3.05) is 0 Å². The summed E-state index contributed by atoms with van der Waals surface area (Å²) in [7, 11) is 0. The zero-order chi connectivity index (χ0) is 17.2. The number of halogens is 1. The van der Waals surface area contributed by atoms with Crippen LogP contribution < -0.4 is 10.6 Å². The van der Waals surface area contributed by atoms with Crippen LogP contribution in [0.1, 0.15) is 32.8 Å². The van der Waals surface area contributed by atoms with Gasteiger partial charge in [0, 0.05) is 24.7 Å². The Morgan fingerprint density at radius 1 is 1.43 bits per heavy atom. The standard InChI is InChI=1S/C15H20BrN3O4/c1-15(2,3)23-14(20)18-12-7-11(12)17-8-9-4-5-10(16)13(6-9)19(21)22/h4-6,11-12,17H,7-8H2,1-3H3,(H,18,20). The van der Waals surface area contributed by atoms with Crippen LogP contribution in [0.3, 0.4) is 0 Å². The first-order valence-corrected chi connectivity index (χ1v) is 8.11. The maximum atomic E-state index is 11.6. The highest BCUT2D eigenvalue weighted by atomic mass is 79.9. The number of rotatable bonds is 5. The summed E-state index contributed by atoms with van der Waals surface area (Å²) in [5.41, 5.74) is 0.351. The van der Waals surface area contributed by atoms with Gasteiger partial charge in [0.2, 0.25) is 0 Å². The minimum Gasteiger partial charge on any atom is -0.444 e. The molecule has 2 rings (SSSR count). The highest BCUT2D eigenvalue weighted by molar-refractivity contribution is 9.10. The van der Waals surface area contributed by atoms with E-state index in [1.54, 1.807) is 6.07 Å². The molecule has 126 valence electrons. The lowest BCUT2D eigenvalue weighted by molar-refractivity contribution is -0.385. The van der Waals surface area contributed by atoms with Crippen molar-refractivity contribution < 1.29 is 14.5 Å². The van der Waals surface area contributed by atoms with Gasteiger partial charge in [-0.1, -0.05) is 6.07 Å². The molecular formula is C15H20BrN3O4. The Bertz CT molecular complexity index is 615. The monoisotopic (exact) mass is 385 g/mol. The lowest BCUT2D eigenvalue weighted by atomic mass is 10.2. The second kappa shape index (κ2) is 6.84. The molecule has 1 fully saturated rings. The first-order chi connectivity index (χ1) is 10.7. The molecule has 7 nitrogen and oxygen atoms in total. The molecule has 0 saturated heterocycles. The molecule has 1 saturated carbocycles. The minimum atomic E-state index is -0.516. The summed E-state index contributed by atoms with van der Waals surface area (Å²) in [6.07, 6.45) is 0.392. The smallest absolute Gasteiger partial charge is 0.407 e. The van der Waals surface area contributed by atoms with Crippen molar-refractivity contribution in [3.05, 3.63) is 38.3 Å². The summed E-state index contributed by atoms with van der Waals surface area (Å²) in [5.74, 6) is 0. The van der Waals surface area contributed by atoms with E-state index >= 15 is 0 Å². The van der Waals surface area contributed by atoms with Gasteiger partial charge in [0.25, 0.3) is 5.69 Å². The topological polar surface area (TPSA) is 93.5 Å². The molecule has 0 heterocycles. The zero-order valence-corrected chi connectivity index (χ0v) is 14.8. The number of carbonyl (C=O) groups excluding carboxylic acids is 1. The highest BCUT2D eigenvalue weighted by Gasteiger charge is 2.38. The average molecular weight is 386 g/mol. The van der Waals surface area contributed by atoms with E-state index in [-0.39, 0.29) is 17.8 Å². The van der Waals surface area contributed by atoms with E-state index in [2.05, 4.69) is 26.6 Å². The van der Waals surface area contributed by atoms with Gasteiger partial charge in [-0.2, -0.15) is 0 Å². The van der Waals surface area contributed by atoms with Gasteiger partial charge in [0.05, 0.1) is 9.40 Å². The van der Waals surface area contributed by atoms with Gasteiger partial charge in [-0.05, 0) is 54.8 Å². The van der Waals surface area contributed by atoms with E-state index < -0.39 is 16.6 Å². The van der Waals surface area contributed by atoms with E-state index in [1.807, 2.05) is 26.8 Å². The number of hydrogen-bond donors (Lipinski definition) is 2. The van der Waals surface area contributed by atoms with Crippen molar-refractivity contribution in [1.29, 1.82) is 0 Å². The molecule has 0 aliphatic heterocycles. The molecule has 23 heavy (non-hydrogen) atoms. The van der Waals surface area contributed by atoms with Crippen LogP contribution in [0.5, 0.6) is 0 Å². The predicted molar refractivity (Wildman–Crippen MR) is 89.2 cm³/mol. The molecule has 1 aromatic carbocycles. The summed E-state index contributed by atoms with van der Waals surface area (Å²) >= 11 is 3.16. The number of benzene rings is 1. The van der Waals surface area contributed by atoms with Crippen LogP contribution in [0.2, 0.25) is 0 Å². The molecule has 0 aromatic heterocycles. The van der Waals surface area contributed by atoms with Crippen LogP contribution in [0.15, 0.2) is 22.7 Å². The highest BCUT2D eigenvalue weighted by Crippen LogP contribution is 2.27. The van der Waals surface area contributed by atoms with E-state index in [1.165, 1.54) is 6.07 Å². The van der Waals surface area contributed by atoms with Crippen LogP contribution in [-0.4, -0.2) is 28.7 Å². The van der Waals surface area contributed by atoms with Crippen LogP contribution in [0.4, 0.5) is 10.5 Å². The number of nitrogens with zero attached hydrogens (tertiary/aromatic N) is 1. The first-order valence-electron chi connectivity index (χ1n) is 7.31. The number of hydrogen-bond acceptors (Lipinski definition) is 5. The van der Waals surface area contributed by atoms with Gasteiger partial charge in [0.1, 0.15) is 5.60 Å². The Kier molecular flexibility index (Phi) is 5.26. The second-order valence-electron chi connectivity index (χ2n) is 6.52. The van der Waals surface area contributed by atoms with Crippen LogP contribution in [0, 0.1) is 10.1 Å². The molecule has 1 aliphatic carbocycles. The fraction of sp³-hybridized carbons (Fsp3) is 0.533. The fourth-order valence-corrected chi connectivity index (χ4v) is 2.49. The van der Waals surface area contributed by atoms with E-state index in [9.17, 15) is 14.9 Å². The van der Waals surface area contributed by atoms with Crippen LogP contribution in [0.25, 0.3) is 0 Å². The van der Waals surface area contributed by atoms with Crippen LogP contribution in [-0.2, 0) is 11.3 Å². The summed E-state index contributed by atoms with van der Waals surface area (Å²) < 4.78 is 5.66. The largest absolute Gasteiger partial charge is 0.444 e. The molecule has 2 atom stereocenters. The summed E-state index contributed by atoms with van der Waals surface area (Å²) in [4.78, 5) is 22.1. The zero-order valence-electron chi connectivity index (χ0n) is 13.3. The number of nitro benzene ring substituents is 1. The SMILES string of the molecule is CC(C)(C)OC(=O)NC1CC1NCc1ccc(Br)c([N+](=O)[O-])c1.